The Kier molecular flexibility index (Phi) is 3.84. The number of nitrogens with zero attached hydrogens (tertiary/aromatic N) is 3. The molecular weight excluding hydrogens is 184 g/mol. The predicted molar refractivity (Wildman–Crippen MR) is 51.9 cm³/mol. The van der Waals surface area contributed by atoms with Gasteiger partial charge in [0.1, 0.15) is 6.04 Å². The third-order valence-corrected chi connectivity index (χ3v) is 1.99. The van der Waals surface area contributed by atoms with E-state index in [0.29, 0.717) is 5.95 Å². The van der Waals surface area contributed by atoms with Crippen LogP contribution in [0.25, 0.3) is 0 Å². The molecule has 0 aliphatic carbocycles. The number of anilines is 1. The van der Waals surface area contributed by atoms with Gasteiger partial charge in [-0.15, -0.1) is 0 Å². The van der Waals surface area contributed by atoms with Crippen molar-refractivity contribution < 1.29 is 9.63 Å². The SMILES string of the molecule is CCN(CC)c1noc(C(N)CO)n1. The van der Waals surface area contributed by atoms with Crippen molar-refractivity contribution in [2.24, 2.45) is 5.73 Å². The minimum atomic E-state index is -0.591. The fourth-order valence-electron chi connectivity index (χ4n) is 1.09. The molecular formula is C8H16N4O2. The molecule has 6 heteroatoms. The second kappa shape index (κ2) is 4.92. The van der Waals surface area contributed by atoms with Crippen LogP contribution in [0.4, 0.5) is 5.95 Å². The molecule has 0 bridgehead atoms. The van der Waals surface area contributed by atoms with Crippen molar-refractivity contribution in [1.29, 1.82) is 0 Å². The van der Waals surface area contributed by atoms with Gasteiger partial charge in [-0.1, -0.05) is 0 Å². The van der Waals surface area contributed by atoms with Gasteiger partial charge in [-0.25, -0.2) is 0 Å². The van der Waals surface area contributed by atoms with Gasteiger partial charge in [0.15, 0.2) is 0 Å². The summed E-state index contributed by atoms with van der Waals surface area (Å²) in [5.74, 6) is 0.795. The summed E-state index contributed by atoms with van der Waals surface area (Å²) in [4.78, 5) is 6.03. The molecule has 6 nitrogen and oxygen atoms in total. The molecule has 0 fully saturated rings. The van der Waals surface area contributed by atoms with Crippen LogP contribution < -0.4 is 10.6 Å². The van der Waals surface area contributed by atoms with Crippen LogP contribution >= 0.6 is 0 Å². The highest BCUT2D eigenvalue weighted by Crippen LogP contribution is 2.12. The van der Waals surface area contributed by atoms with E-state index in [2.05, 4.69) is 10.1 Å². The Balaban J connectivity index is 2.76. The van der Waals surface area contributed by atoms with Crippen LogP contribution in [0.5, 0.6) is 0 Å². The number of hydrogen-bond acceptors (Lipinski definition) is 6. The first-order valence-electron chi connectivity index (χ1n) is 4.67. The van der Waals surface area contributed by atoms with E-state index in [-0.39, 0.29) is 12.5 Å². The molecule has 1 rings (SSSR count). The van der Waals surface area contributed by atoms with Crippen molar-refractivity contribution in [3.8, 4) is 0 Å². The van der Waals surface area contributed by atoms with Crippen molar-refractivity contribution >= 4 is 5.95 Å². The lowest BCUT2D eigenvalue weighted by atomic mass is 10.3. The molecule has 0 saturated heterocycles. The normalized spacial score (nSPS) is 12.9. The fraction of sp³-hybridized carbons (Fsp3) is 0.750. The molecule has 0 saturated carbocycles. The molecule has 80 valence electrons. The Hall–Kier alpha value is -1.14. The molecule has 1 aromatic heterocycles. The number of nitrogens with two attached hydrogens (primary N) is 1. The summed E-state index contributed by atoms with van der Waals surface area (Å²) in [5.41, 5.74) is 5.53. The van der Waals surface area contributed by atoms with Crippen LogP contribution in [0.15, 0.2) is 4.52 Å². The van der Waals surface area contributed by atoms with Gasteiger partial charge in [-0.05, 0) is 19.0 Å². The maximum atomic E-state index is 8.78. The summed E-state index contributed by atoms with van der Waals surface area (Å²) >= 11 is 0. The molecule has 0 spiro atoms. The monoisotopic (exact) mass is 200 g/mol. The lowest BCUT2D eigenvalue weighted by molar-refractivity contribution is 0.237. The Morgan fingerprint density at radius 2 is 2.14 bits per heavy atom. The first-order chi connectivity index (χ1) is 6.72. The zero-order chi connectivity index (χ0) is 10.6. The Bertz CT molecular complexity index is 272. The molecule has 0 aliphatic heterocycles. The lowest BCUT2D eigenvalue weighted by Gasteiger charge is -2.14. The maximum absolute atomic E-state index is 8.78. The second-order valence-electron chi connectivity index (χ2n) is 2.89. The van der Waals surface area contributed by atoms with Gasteiger partial charge in [0.2, 0.25) is 5.89 Å². The van der Waals surface area contributed by atoms with Crippen molar-refractivity contribution in [1.82, 2.24) is 10.1 Å². The molecule has 1 unspecified atom stereocenters. The van der Waals surface area contributed by atoms with E-state index in [1.165, 1.54) is 0 Å². The van der Waals surface area contributed by atoms with E-state index in [1.54, 1.807) is 0 Å². The molecule has 14 heavy (non-hydrogen) atoms. The number of aromatic nitrogens is 2. The van der Waals surface area contributed by atoms with E-state index in [0.717, 1.165) is 13.1 Å². The van der Waals surface area contributed by atoms with Gasteiger partial charge in [0.25, 0.3) is 5.95 Å². The summed E-state index contributed by atoms with van der Waals surface area (Å²) in [7, 11) is 0. The molecule has 0 aromatic carbocycles. The zero-order valence-corrected chi connectivity index (χ0v) is 8.47. The smallest absolute Gasteiger partial charge is 0.266 e. The average molecular weight is 200 g/mol. The maximum Gasteiger partial charge on any atom is 0.266 e. The largest absolute Gasteiger partial charge is 0.394 e. The number of rotatable bonds is 5. The predicted octanol–water partition coefficient (Wildman–Crippen LogP) is -0.0921. The second-order valence-corrected chi connectivity index (χ2v) is 2.89. The van der Waals surface area contributed by atoms with Crippen LogP contribution in [0.1, 0.15) is 25.8 Å². The minimum absolute atomic E-state index is 0.195. The van der Waals surface area contributed by atoms with E-state index in [4.69, 9.17) is 15.4 Å². The van der Waals surface area contributed by atoms with E-state index >= 15 is 0 Å². The van der Waals surface area contributed by atoms with Crippen LogP contribution in [-0.4, -0.2) is 34.9 Å². The molecule has 1 heterocycles. The summed E-state index contributed by atoms with van der Waals surface area (Å²) in [6.07, 6.45) is 0. The van der Waals surface area contributed by atoms with E-state index < -0.39 is 6.04 Å². The van der Waals surface area contributed by atoms with Gasteiger partial charge in [-0.3, -0.25) is 0 Å². The Labute approximate surface area is 82.7 Å². The first kappa shape index (κ1) is 10.9. The average Bonchev–Trinajstić information content (AvgIpc) is 2.68. The molecule has 1 atom stereocenters. The summed E-state index contributed by atoms with van der Waals surface area (Å²) < 4.78 is 4.91. The molecule has 3 N–H and O–H groups in total. The van der Waals surface area contributed by atoms with Gasteiger partial charge < -0.3 is 20.3 Å². The highest BCUT2D eigenvalue weighted by molar-refractivity contribution is 5.26. The van der Waals surface area contributed by atoms with Crippen molar-refractivity contribution in [3.63, 3.8) is 0 Å². The number of aliphatic hydroxyl groups excluding tert-OH is 1. The van der Waals surface area contributed by atoms with Crippen LogP contribution in [0.2, 0.25) is 0 Å². The minimum Gasteiger partial charge on any atom is -0.394 e. The Morgan fingerprint density at radius 3 is 2.64 bits per heavy atom. The fourth-order valence-corrected chi connectivity index (χ4v) is 1.09. The number of aliphatic hydroxyl groups is 1. The molecule has 0 aliphatic rings. The third-order valence-electron chi connectivity index (χ3n) is 1.99. The summed E-state index contributed by atoms with van der Waals surface area (Å²) in [6.45, 7) is 5.44. The first-order valence-corrected chi connectivity index (χ1v) is 4.67. The van der Waals surface area contributed by atoms with Crippen molar-refractivity contribution in [2.45, 2.75) is 19.9 Å². The van der Waals surface area contributed by atoms with Gasteiger partial charge >= 0.3 is 0 Å². The number of hydrogen-bond donors (Lipinski definition) is 2. The van der Waals surface area contributed by atoms with Gasteiger partial charge in [-0.2, -0.15) is 4.98 Å². The molecule has 0 amide bonds. The van der Waals surface area contributed by atoms with Crippen LogP contribution in [0, 0.1) is 0 Å². The summed E-state index contributed by atoms with van der Waals surface area (Å²) in [5, 5.41) is 12.6. The van der Waals surface area contributed by atoms with E-state index in [9.17, 15) is 0 Å². The van der Waals surface area contributed by atoms with E-state index in [1.807, 2.05) is 18.7 Å². The Morgan fingerprint density at radius 1 is 1.50 bits per heavy atom. The third kappa shape index (κ3) is 2.21. The van der Waals surface area contributed by atoms with Crippen LogP contribution in [0.3, 0.4) is 0 Å². The quantitative estimate of drug-likeness (QED) is 0.690. The van der Waals surface area contributed by atoms with Crippen molar-refractivity contribution in [2.75, 3.05) is 24.6 Å². The molecule has 0 radical (unpaired) electrons. The molecule has 1 aromatic rings. The highest BCUT2D eigenvalue weighted by Gasteiger charge is 2.15. The van der Waals surface area contributed by atoms with Crippen molar-refractivity contribution in [3.05, 3.63) is 5.89 Å². The van der Waals surface area contributed by atoms with Gasteiger partial charge in [0, 0.05) is 13.1 Å². The topological polar surface area (TPSA) is 88.4 Å². The zero-order valence-electron chi connectivity index (χ0n) is 8.47. The standard InChI is InChI=1S/C8H16N4O2/c1-3-12(4-2)8-10-7(14-11-8)6(9)5-13/h6,13H,3-5,9H2,1-2H3. The van der Waals surface area contributed by atoms with Crippen LogP contribution in [-0.2, 0) is 0 Å². The van der Waals surface area contributed by atoms with Gasteiger partial charge in [0.05, 0.1) is 6.61 Å². The highest BCUT2D eigenvalue weighted by atomic mass is 16.5. The lowest BCUT2D eigenvalue weighted by Crippen LogP contribution is -2.23. The summed E-state index contributed by atoms with van der Waals surface area (Å²) in [6, 6.07) is -0.591.